The summed E-state index contributed by atoms with van der Waals surface area (Å²) in [4.78, 5) is 32.3. The Bertz CT molecular complexity index is 715. The van der Waals surface area contributed by atoms with Crippen LogP contribution in [0.3, 0.4) is 0 Å². The van der Waals surface area contributed by atoms with Gasteiger partial charge in [0.2, 0.25) is 0 Å². The van der Waals surface area contributed by atoms with E-state index in [1.807, 2.05) is 19.1 Å². The van der Waals surface area contributed by atoms with Gasteiger partial charge in [-0.3, -0.25) is 9.69 Å². The van der Waals surface area contributed by atoms with Crippen LogP contribution in [0.5, 0.6) is 17.2 Å². The summed E-state index contributed by atoms with van der Waals surface area (Å²) < 4.78 is 21.3. The molecule has 10 heteroatoms. The molecule has 0 radical (unpaired) electrons. The van der Waals surface area contributed by atoms with Crippen LogP contribution in [-0.2, 0) is 25.7 Å². The Morgan fingerprint density at radius 1 is 0.933 bits per heavy atom. The van der Waals surface area contributed by atoms with Gasteiger partial charge in [-0.2, -0.15) is 0 Å². The van der Waals surface area contributed by atoms with Crippen LogP contribution in [0.25, 0.3) is 0 Å². The lowest BCUT2D eigenvalue weighted by molar-refractivity contribution is -0.159. The number of hydrogen-bond donors (Lipinski definition) is 2. The summed E-state index contributed by atoms with van der Waals surface area (Å²) >= 11 is 0. The molecule has 0 aromatic heterocycles. The second-order valence-electron chi connectivity index (χ2n) is 6.43. The van der Waals surface area contributed by atoms with Gasteiger partial charge in [0, 0.05) is 18.2 Å². The van der Waals surface area contributed by atoms with Crippen molar-refractivity contribution in [2.24, 2.45) is 5.92 Å². The highest BCUT2D eigenvalue weighted by Crippen LogP contribution is 2.35. The van der Waals surface area contributed by atoms with Crippen molar-refractivity contribution >= 4 is 17.9 Å². The first kappa shape index (κ1) is 25.0. The van der Waals surface area contributed by atoms with Crippen molar-refractivity contribution in [1.82, 2.24) is 4.90 Å². The monoisotopic (exact) mass is 427 g/mol. The number of carboxylic acids is 2. The number of ether oxygens (including phenoxy) is 4. The highest BCUT2D eigenvalue weighted by Gasteiger charge is 2.26. The Morgan fingerprint density at radius 3 is 1.87 bits per heavy atom. The van der Waals surface area contributed by atoms with Gasteiger partial charge in [0.1, 0.15) is 5.75 Å². The number of piperidine rings is 1. The SMILES string of the molecule is CCOC(=O)C1CCN(Cc2cc(OC)c(OC)cc2OC)CC1.O=C(O)C(=O)O. The molecule has 1 aliphatic heterocycles. The topological polar surface area (TPSA) is 132 Å². The lowest BCUT2D eigenvalue weighted by atomic mass is 9.96. The molecule has 168 valence electrons. The first-order valence-corrected chi connectivity index (χ1v) is 9.41. The molecule has 30 heavy (non-hydrogen) atoms. The number of aliphatic carboxylic acids is 2. The molecular weight excluding hydrogens is 398 g/mol. The molecule has 0 bridgehead atoms. The molecule has 0 amide bonds. The van der Waals surface area contributed by atoms with E-state index in [-0.39, 0.29) is 11.9 Å². The summed E-state index contributed by atoms with van der Waals surface area (Å²) in [6.45, 7) is 4.76. The van der Waals surface area contributed by atoms with Crippen molar-refractivity contribution in [3.05, 3.63) is 17.7 Å². The van der Waals surface area contributed by atoms with E-state index in [0.717, 1.165) is 43.8 Å². The van der Waals surface area contributed by atoms with E-state index in [1.54, 1.807) is 21.3 Å². The van der Waals surface area contributed by atoms with E-state index >= 15 is 0 Å². The fourth-order valence-corrected chi connectivity index (χ4v) is 3.04. The standard InChI is InChI=1S/C18H27NO5.C2H2O4/c1-5-24-18(20)13-6-8-19(9-7-13)12-14-10-16(22-3)17(23-4)11-15(14)21-2;3-1(4)2(5)6/h10-11,13H,5-9,12H2,1-4H3;(H,3,4)(H,5,6). The van der Waals surface area contributed by atoms with Crippen LogP contribution in [0.15, 0.2) is 12.1 Å². The average Bonchev–Trinajstić information content (AvgIpc) is 2.74. The van der Waals surface area contributed by atoms with E-state index in [2.05, 4.69) is 4.90 Å². The maximum atomic E-state index is 11.8. The van der Waals surface area contributed by atoms with Gasteiger partial charge in [0.05, 0.1) is 33.9 Å². The van der Waals surface area contributed by atoms with E-state index < -0.39 is 11.9 Å². The van der Waals surface area contributed by atoms with E-state index in [0.29, 0.717) is 18.1 Å². The van der Waals surface area contributed by atoms with Crippen molar-refractivity contribution in [3.8, 4) is 17.2 Å². The summed E-state index contributed by atoms with van der Waals surface area (Å²) in [5, 5.41) is 14.8. The fourth-order valence-electron chi connectivity index (χ4n) is 3.04. The maximum Gasteiger partial charge on any atom is 0.414 e. The Balaban J connectivity index is 0.000000656. The number of esters is 1. The Kier molecular flexibility index (Phi) is 10.5. The van der Waals surface area contributed by atoms with Crippen molar-refractivity contribution in [2.75, 3.05) is 41.0 Å². The van der Waals surface area contributed by atoms with Crippen molar-refractivity contribution in [3.63, 3.8) is 0 Å². The van der Waals surface area contributed by atoms with Gasteiger partial charge >= 0.3 is 17.9 Å². The molecule has 1 saturated heterocycles. The number of likely N-dealkylation sites (tertiary alicyclic amines) is 1. The molecule has 0 atom stereocenters. The van der Waals surface area contributed by atoms with Gasteiger partial charge < -0.3 is 29.2 Å². The van der Waals surface area contributed by atoms with Crippen LogP contribution in [0.2, 0.25) is 0 Å². The number of hydrogen-bond acceptors (Lipinski definition) is 8. The second-order valence-corrected chi connectivity index (χ2v) is 6.43. The van der Waals surface area contributed by atoms with Crippen molar-refractivity contribution in [1.29, 1.82) is 0 Å². The number of carbonyl (C=O) groups excluding carboxylic acids is 1. The van der Waals surface area contributed by atoms with E-state index in [9.17, 15) is 4.79 Å². The van der Waals surface area contributed by atoms with Gasteiger partial charge in [-0.15, -0.1) is 0 Å². The highest BCUT2D eigenvalue weighted by molar-refractivity contribution is 6.27. The van der Waals surface area contributed by atoms with Gasteiger partial charge in [0.15, 0.2) is 11.5 Å². The minimum Gasteiger partial charge on any atom is -0.496 e. The van der Waals surface area contributed by atoms with Crippen LogP contribution in [0.4, 0.5) is 0 Å². The van der Waals surface area contributed by atoms with E-state index in [4.69, 9.17) is 38.7 Å². The lowest BCUT2D eigenvalue weighted by Crippen LogP contribution is -2.36. The van der Waals surface area contributed by atoms with Crippen LogP contribution in [0, 0.1) is 5.92 Å². The van der Waals surface area contributed by atoms with Gasteiger partial charge in [-0.25, -0.2) is 9.59 Å². The summed E-state index contributed by atoms with van der Waals surface area (Å²) in [6.07, 6.45) is 1.66. The van der Waals surface area contributed by atoms with Crippen molar-refractivity contribution < 1.29 is 43.5 Å². The number of nitrogens with zero attached hydrogens (tertiary/aromatic N) is 1. The van der Waals surface area contributed by atoms with Crippen LogP contribution >= 0.6 is 0 Å². The maximum absolute atomic E-state index is 11.8. The molecule has 0 spiro atoms. The van der Waals surface area contributed by atoms with Crippen LogP contribution < -0.4 is 14.2 Å². The Hall–Kier alpha value is -3.01. The third kappa shape index (κ3) is 7.43. The minimum atomic E-state index is -1.82. The summed E-state index contributed by atoms with van der Waals surface area (Å²) in [7, 11) is 4.88. The van der Waals surface area contributed by atoms with Gasteiger partial charge in [0.25, 0.3) is 0 Å². The molecule has 1 fully saturated rings. The smallest absolute Gasteiger partial charge is 0.414 e. The predicted molar refractivity (Wildman–Crippen MR) is 106 cm³/mol. The zero-order chi connectivity index (χ0) is 22.7. The van der Waals surface area contributed by atoms with Crippen LogP contribution in [-0.4, -0.2) is 74.0 Å². The molecule has 1 aliphatic rings. The Morgan fingerprint density at radius 2 is 1.43 bits per heavy atom. The van der Waals surface area contributed by atoms with Crippen LogP contribution in [0.1, 0.15) is 25.3 Å². The molecule has 2 rings (SSSR count). The third-order valence-corrected chi connectivity index (χ3v) is 4.57. The van der Waals surface area contributed by atoms with E-state index in [1.165, 1.54) is 0 Å². The average molecular weight is 427 g/mol. The van der Waals surface area contributed by atoms with Gasteiger partial charge in [-0.05, 0) is 38.9 Å². The molecule has 1 aromatic rings. The quantitative estimate of drug-likeness (QED) is 0.489. The number of methoxy groups -OCH3 is 3. The molecule has 2 N–H and O–H groups in total. The summed E-state index contributed by atoms with van der Waals surface area (Å²) in [6, 6.07) is 3.80. The first-order valence-electron chi connectivity index (χ1n) is 9.41. The summed E-state index contributed by atoms with van der Waals surface area (Å²) in [5.41, 5.74) is 1.05. The third-order valence-electron chi connectivity index (χ3n) is 4.57. The molecule has 10 nitrogen and oxygen atoms in total. The van der Waals surface area contributed by atoms with Crippen molar-refractivity contribution in [2.45, 2.75) is 26.3 Å². The number of carboxylic acid groups (broad SMARTS) is 2. The predicted octanol–water partition coefficient (Wildman–Crippen LogP) is 1.64. The summed E-state index contributed by atoms with van der Waals surface area (Å²) in [5.74, 6) is -1.58. The molecular formula is C20H29NO9. The zero-order valence-electron chi connectivity index (χ0n) is 17.7. The molecule has 1 heterocycles. The molecule has 0 unspecified atom stereocenters. The zero-order valence-corrected chi connectivity index (χ0v) is 17.7. The fraction of sp³-hybridized carbons (Fsp3) is 0.550. The highest BCUT2D eigenvalue weighted by atomic mass is 16.5. The lowest BCUT2D eigenvalue weighted by Gasteiger charge is -2.31. The normalized spacial score (nSPS) is 14.1. The number of carbonyl (C=O) groups is 3. The molecule has 0 aliphatic carbocycles. The Labute approximate surface area is 175 Å². The van der Waals surface area contributed by atoms with Gasteiger partial charge in [-0.1, -0.05) is 0 Å². The first-order chi connectivity index (χ1) is 14.3. The largest absolute Gasteiger partial charge is 0.496 e. The molecule has 0 saturated carbocycles. The number of rotatable bonds is 7. The number of benzene rings is 1. The minimum absolute atomic E-state index is 0.0218. The molecule has 1 aromatic carbocycles. The second kappa shape index (κ2) is 12.5.